The fourth-order valence-corrected chi connectivity index (χ4v) is 3.17. The molecule has 29 heavy (non-hydrogen) atoms. The van der Waals surface area contributed by atoms with Crippen LogP contribution >= 0.6 is 0 Å². The average molecular weight is 399 g/mol. The van der Waals surface area contributed by atoms with Crippen molar-refractivity contribution in [2.45, 2.75) is 33.2 Å². The normalized spacial score (nSPS) is 15.0. The molecule has 2 amide bonds. The zero-order valence-electron chi connectivity index (χ0n) is 17.6. The molecule has 2 heterocycles. The molecule has 0 atom stereocenters. The molecule has 2 N–H and O–H groups in total. The van der Waals surface area contributed by atoms with Gasteiger partial charge in [-0.05, 0) is 57.0 Å². The van der Waals surface area contributed by atoms with Crippen molar-refractivity contribution < 1.29 is 14.3 Å². The highest BCUT2D eigenvalue weighted by atomic mass is 16.5. The summed E-state index contributed by atoms with van der Waals surface area (Å²) in [5.41, 5.74) is 2.85. The predicted molar refractivity (Wildman–Crippen MR) is 114 cm³/mol. The lowest BCUT2D eigenvalue weighted by atomic mass is 10.0. The second-order valence-corrected chi connectivity index (χ2v) is 7.95. The molecule has 1 saturated heterocycles. The van der Waals surface area contributed by atoms with E-state index in [4.69, 9.17) is 9.47 Å². The van der Waals surface area contributed by atoms with Gasteiger partial charge in [-0.15, -0.1) is 0 Å². The summed E-state index contributed by atoms with van der Waals surface area (Å²) in [7, 11) is 0. The largest absolute Gasteiger partial charge is 0.439 e. The van der Waals surface area contributed by atoms with Crippen LogP contribution in [0.25, 0.3) is 0 Å². The first-order valence-corrected chi connectivity index (χ1v) is 9.92. The molecule has 3 rings (SSSR count). The van der Waals surface area contributed by atoms with E-state index >= 15 is 0 Å². The fraction of sp³-hybridized carbons (Fsp3) is 0.455. The summed E-state index contributed by atoms with van der Waals surface area (Å²) in [6, 6.07) is 9.17. The van der Waals surface area contributed by atoms with E-state index in [1.54, 1.807) is 18.3 Å². The highest BCUT2D eigenvalue weighted by Crippen LogP contribution is 2.23. The number of ether oxygens (including phenoxy) is 2. The van der Waals surface area contributed by atoms with Gasteiger partial charge in [-0.1, -0.05) is 6.07 Å². The second-order valence-electron chi connectivity index (χ2n) is 7.95. The number of rotatable bonds is 6. The van der Waals surface area contributed by atoms with Crippen LogP contribution in [0.3, 0.4) is 0 Å². The van der Waals surface area contributed by atoms with Crippen LogP contribution in [0.4, 0.5) is 10.5 Å². The molecule has 0 radical (unpaired) electrons. The molecule has 1 aromatic carbocycles. The summed E-state index contributed by atoms with van der Waals surface area (Å²) < 4.78 is 11.2. The number of hydrogen-bond donors (Lipinski definition) is 2. The zero-order chi connectivity index (χ0) is 20.9. The average Bonchev–Trinajstić information content (AvgIpc) is 2.71. The first-order chi connectivity index (χ1) is 13.8. The van der Waals surface area contributed by atoms with Crippen LogP contribution in [-0.4, -0.2) is 54.3 Å². The van der Waals surface area contributed by atoms with Gasteiger partial charge in [-0.2, -0.15) is 0 Å². The summed E-state index contributed by atoms with van der Waals surface area (Å²) >= 11 is 0. The lowest BCUT2D eigenvalue weighted by Crippen LogP contribution is -2.55. The Morgan fingerprint density at radius 3 is 2.59 bits per heavy atom. The van der Waals surface area contributed by atoms with Crippen molar-refractivity contribution in [3.63, 3.8) is 0 Å². The third-order valence-corrected chi connectivity index (χ3v) is 5.24. The van der Waals surface area contributed by atoms with E-state index < -0.39 is 0 Å². The summed E-state index contributed by atoms with van der Waals surface area (Å²) in [6.45, 7) is 12.1. The van der Waals surface area contributed by atoms with E-state index in [1.807, 2.05) is 25.1 Å². The van der Waals surface area contributed by atoms with Crippen molar-refractivity contribution in [1.82, 2.24) is 15.2 Å². The van der Waals surface area contributed by atoms with Gasteiger partial charge in [0.1, 0.15) is 5.75 Å². The zero-order valence-corrected chi connectivity index (χ0v) is 17.6. The summed E-state index contributed by atoms with van der Waals surface area (Å²) in [4.78, 5) is 18.9. The topological polar surface area (TPSA) is 75.7 Å². The van der Waals surface area contributed by atoms with E-state index in [9.17, 15) is 4.79 Å². The molecule has 0 unspecified atom stereocenters. The molecule has 1 fully saturated rings. The monoisotopic (exact) mass is 398 g/mol. The van der Waals surface area contributed by atoms with Crippen LogP contribution in [0.1, 0.15) is 25.0 Å². The van der Waals surface area contributed by atoms with Crippen molar-refractivity contribution >= 4 is 11.7 Å². The number of nitrogens with one attached hydrogen (secondary N) is 2. The van der Waals surface area contributed by atoms with Crippen LogP contribution in [0.2, 0.25) is 0 Å². The number of carbonyl (C=O) groups excluding carboxylic acids is 1. The van der Waals surface area contributed by atoms with Crippen LogP contribution in [0, 0.1) is 13.8 Å². The van der Waals surface area contributed by atoms with Gasteiger partial charge in [0, 0.05) is 31.2 Å². The molecule has 1 aromatic heterocycles. The Hall–Kier alpha value is -2.64. The van der Waals surface area contributed by atoms with E-state index in [2.05, 4.69) is 41.3 Å². The number of pyridine rings is 1. The molecule has 0 saturated carbocycles. The number of benzene rings is 1. The van der Waals surface area contributed by atoms with Crippen molar-refractivity contribution in [1.29, 1.82) is 0 Å². The quantitative estimate of drug-likeness (QED) is 0.776. The molecule has 7 nitrogen and oxygen atoms in total. The Morgan fingerprint density at radius 1 is 1.17 bits per heavy atom. The maximum absolute atomic E-state index is 12.3. The van der Waals surface area contributed by atoms with Crippen molar-refractivity contribution in [3.05, 3.63) is 47.7 Å². The number of urea groups is 1. The summed E-state index contributed by atoms with van der Waals surface area (Å²) in [5, 5.41) is 5.76. The molecule has 0 spiro atoms. The van der Waals surface area contributed by atoms with Crippen molar-refractivity contribution in [2.75, 3.05) is 38.2 Å². The smallest absolute Gasteiger partial charge is 0.319 e. The van der Waals surface area contributed by atoms with Crippen LogP contribution in [0.5, 0.6) is 11.6 Å². The maximum atomic E-state index is 12.3. The maximum Gasteiger partial charge on any atom is 0.319 e. The minimum atomic E-state index is -0.254. The Kier molecular flexibility index (Phi) is 6.71. The van der Waals surface area contributed by atoms with Gasteiger partial charge in [0.25, 0.3) is 0 Å². The van der Waals surface area contributed by atoms with Gasteiger partial charge in [0.05, 0.1) is 25.1 Å². The fourth-order valence-electron chi connectivity index (χ4n) is 3.17. The van der Waals surface area contributed by atoms with Crippen LogP contribution < -0.4 is 15.4 Å². The van der Waals surface area contributed by atoms with E-state index in [-0.39, 0.29) is 11.6 Å². The van der Waals surface area contributed by atoms with Gasteiger partial charge in [-0.3, -0.25) is 4.90 Å². The Morgan fingerprint density at radius 2 is 1.93 bits per heavy atom. The highest BCUT2D eigenvalue weighted by Gasteiger charge is 2.28. The second kappa shape index (κ2) is 9.24. The Bertz CT molecular complexity index is 830. The molecule has 1 aliphatic rings. The van der Waals surface area contributed by atoms with Crippen molar-refractivity contribution in [2.24, 2.45) is 0 Å². The number of aromatic nitrogens is 1. The molecule has 7 heteroatoms. The minimum Gasteiger partial charge on any atom is -0.439 e. The molecular weight excluding hydrogens is 368 g/mol. The molecule has 2 aromatic rings. The highest BCUT2D eigenvalue weighted by molar-refractivity contribution is 5.89. The van der Waals surface area contributed by atoms with Gasteiger partial charge in [0.15, 0.2) is 0 Å². The van der Waals surface area contributed by atoms with E-state index in [0.717, 1.165) is 37.6 Å². The minimum absolute atomic E-state index is 0.136. The molecule has 0 aliphatic carbocycles. The van der Waals surface area contributed by atoms with Crippen LogP contribution in [-0.2, 0) is 4.74 Å². The van der Waals surface area contributed by atoms with Gasteiger partial charge in [-0.25, -0.2) is 9.78 Å². The van der Waals surface area contributed by atoms with Gasteiger partial charge in [0.2, 0.25) is 5.88 Å². The Balaban J connectivity index is 1.49. The van der Waals surface area contributed by atoms with E-state index in [0.29, 0.717) is 18.1 Å². The number of morpholine rings is 1. The van der Waals surface area contributed by atoms with Crippen molar-refractivity contribution in [3.8, 4) is 11.6 Å². The standard InChI is InChI=1S/C22H30N4O3/c1-16-5-7-19(13-17(16)2)29-20-8-6-18(14-23-20)25-21(27)24-15-22(3,4)26-9-11-28-12-10-26/h5-8,13-14H,9-12,15H2,1-4H3,(H2,24,25,27). The molecule has 156 valence electrons. The number of nitrogens with zero attached hydrogens (tertiary/aromatic N) is 2. The van der Waals surface area contributed by atoms with Gasteiger partial charge < -0.3 is 20.1 Å². The summed E-state index contributed by atoms with van der Waals surface area (Å²) in [5.74, 6) is 1.22. The first kappa shape index (κ1) is 21.1. The first-order valence-electron chi connectivity index (χ1n) is 9.92. The summed E-state index contributed by atoms with van der Waals surface area (Å²) in [6.07, 6.45) is 1.59. The Labute approximate surface area is 172 Å². The predicted octanol–water partition coefficient (Wildman–Crippen LogP) is 3.72. The number of hydrogen-bond acceptors (Lipinski definition) is 5. The van der Waals surface area contributed by atoms with Gasteiger partial charge >= 0.3 is 6.03 Å². The number of anilines is 1. The number of carbonyl (C=O) groups is 1. The number of amides is 2. The van der Waals surface area contributed by atoms with Crippen LogP contribution in [0.15, 0.2) is 36.5 Å². The number of aryl methyl sites for hydroxylation is 2. The molecule has 0 bridgehead atoms. The molecule has 1 aliphatic heterocycles. The lowest BCUT2D eigenvalue weighted by molar-refractivity contribution is -0.00863. The van der Waals surface area contributed by atoms with E-state index in [1.165, 1.54) is 5.56 Å². The SMILES string of the molecule is Cc1ccc(Oc2ccc(NC(=O)NCC(C)(C)N3CCOCC3)cn2)cc1C. The molecular formula is C22H30N4O3. The lowest BCUT2D eigenvalue weighted by Gasteiger charge is -2.40. The third kappa shape index (κ3) is 5.92. The third-order valence-electron chi connectivity index (χ3n) is 5.24.